The molecule has 0 aromatic carbocycles. The third-order valence-electron chi connectivity index (χ3n) is 2.84. The predicted octanol–water partition coefficient (Wildman–Crippen LogP) is 0.252. The highest BCUT2D eigenvalue weighted by atomic mass is 16.3. The van der Waals surface area contributed by atoms with E-state index in [1.807, 2.05) is 0 Å². The Bertz CT molecular complexity index is 271. The van der Waals surface area contributed by atoms with Gasteiger partial charge in [-0.2, -0.15) is 0 Å². The number of rotatable bonds is 4. The Kier molecular flexibility index (Phi) is 3.26. The van der Waals surface area contributed by atoms with Crippen molar-refractivity contribution in [2.24, 2.45) is 10.9 Å². The van der Waals surface area contributed by atoms with E-state index >= 15 is 0 Å². The average Bonchev–Trinajstić information content (AvgIpc) is 3.04. The molecule has 0 bridgehead atoms. The molecule has 15 heavy (non-hydrogen) atoms. The average molecular weight is 209 g/mol. The molecule has 3 N–H and O–H groups in total. The van der Waals surface area contributed by atoms with E-state index in [0.717, 1.165) is 30.4 Å². The van der Waals surface area contributed by atoms with Crippen LogP contribution in [0.3, 0.4) is 0 Å². The molecule has 0 radical (unpaired) electrons. The first-order valence-electron chi connectivity index (χ1n) is 5.60. The summed E-state index contributed by atoms with van der Waals surface area (Å²) < 4.78 is 0. The molecule has 0 amide bonds. The summed E-state index contributed by atoms with van der Waals surface area (Å²) in [4.78, 5) is 4.31. The van der Waals surface area contributed by atoms with Crippen LogP contribution in [0.15, 0.2) is 17.1 Å². The molecule has 1 aliphatic carbocycles. The van der Waals surface area contributed by atoms with Gasteiger partial charge in [0.15, 0.2) is 5.96 Å². The minimum Gasteiger partial charge on any atom is -0.394 e. The maximum Gasteiger partial charge on any atom is 0.192 e. The summed E-state index contributed by atoms with van der Waals surface area (Å²) in [6, 6.07) is 0.148. The van der Waals surface area contributed by atoms with Crippen molar-refractivity contribution >= 4 is 5.96 Å². The third kappa shape index (κ3) is 3.23. The van der Waals surface area contributed by atoms with Gasteiger partial charge in [0, 0.05) is 6.54 Å². The SMILES string of the molecule is C=C1CN=C(NC(CO)CC2CC2)NC1. The second-order valence-corrected chi connectivity index (χ2v) is 4.47. The Hall–Kier alpha value is -1.03. The van der Waals surface area contributed by atoms with Crippen LogP contribution in [0.4, 0.5) is 0 Å². The predicted molar refractivity (Wildman–Crippen MR) is 60.8 cm³/mol. The summed E-state index contributed by atoms with van der Waals surface area (Å²) in [5, 5.41) is 15.6. The Morgan fingerprint density at radius 2 is 2.40 bits per heavy atom. The minimum atomic E-state index is 0.148. The molecule has 0 saturated heterocycles. The van der Waals surface area contributed by atoms with Gasteiger partial charge in [-0.1, -0.05) is 19.4 Å². The molecule has 1 atom stereocenters. The van der Waals surface area contributed by atoms with E-state index in [1.165, 1.54) is 12.8 Å². The van der Waals surface area contributed by atoms with Crippen molar-refractivity contribution in [2.45, 2.75) is 25.3 Å². The number of hydrogen-bond acceptors (Lipinski definition) is 4. The van der Waals surface area contributed by atoms with Crippen LogP contribution in [-0.4, -0.2) is 36.8 Å². The summed E-state index contributed by atoms with van der Waals surface area (Å²) >= 11 is 0. The van der Waals surface area contributed by atoms with Gasteiger partial charge in [0.1, 0.15) is 0 Å². The first kappa shape index (κ1) is 10.5. The van der Waals surface area contributed by atoms with E-state index in [2.05, 4.69) is 22.2 Å². The zero-order valence-corrected chi connectivity index (χ0v) is 9.00. The highest BCUT2D eigenvalue weighted by Crippen LogP contribution is 2.33. The highest BCUT2D eigenvalue weighted by Gasteiger charge is 2.25. The van der Waals surface area contributed by atoms with Crippen molar-refractivity contribution in [1.29, 1.82) is 0 Å². The lowest BCUT2D eigenvalue weighted by Crippen LogP contribution is -2.47. The molecule has 1 aliphatic heterocycles. The second-order valence-electron chi connectivity index (χ2n) is 4.47. The lowest BCUT2D eigenvalue weighted by Gasteiger charge is -2.22. The largest absolute Gasteiger partial charge is 0.394 e. The van der Waals surface area contributed by atoms with E-state index in [-0.39, 0.29) is 12.6 Å². The van der Waals surface area contributed by atoms with Gasteiger partial charge in [0.05, 0.1) is 19.2 Å². The molecule has 4 heteroatoms. The van der Waals surface area contributed by atoms with Gasteiger partial charge in [-0.15, -0.1) is 0 Å². The minimum absolute atomic E-state index is 0.148. The molecule has 2 rings (SSSR count). The Morgan fingerprint density at radius 1 is 1.60 bits per heavy atom. The van der Waals surface area contributed by atoms with Gasteiger partial charge < -0.3 is 15.7 Å². The lowest BCUT2D eigenvalue weighted by molar-refractivity contribution is 0.244. The Morgan fingerprint density at radius 3 is 2.93 bits per heavy atom. The molecule has 1 unspecified atom stereocenters. The van der Waals surface area contributed by atoms with E-state index in [0.29, 0.717) is 6.54 Å². The summed E-state index contributed by atoms with van der Waals surface area (Å²) in [5.41, 5.74) is 1.10. The fourth-order valence-corrected chi connectivity index (χ4v) is 1.74. The number of aliphatic imine (C=N–C) groups is 1. The van der Waals surface area contributed by atoms with Crippen LogP contribution in [0.5, 0.6) is 0 Å². The van der Waals surface area contributed by atoms with Crippen LogP contribution in [0.25, 0.3) is 0 Å². The van der Waals surface area contributed by atoms with Crippen LogP contribution >= 0.6 is 0 Å². The van der Waals surface area contributed by atoms with Crippen LogP contribution in [-0.2, 0) is 0 Å². The molecule has 1 heterocycles. The standard InChI is InChI=1S/C11H19N3O/c1-8-5-12-11(13-6-8)14-10(7-15)4-9-2-3-9/h9-10,15H,1-7H2,(H2,12,13,14). The van der Waals surface area contributed by atoms with Crippen LogP contribution in [0.1, 0.15) is 19.3 Å². The van der Waals surface area contributed by atoms with Crippen molar-refractivity contribution in [3.05, 3.63) is 12.2 Å². The monoisotopic (exact) mass is 209 g/mol. The van der Waals surface area contributed by atoms with Crippen LogP contribution in [0.2, 0.25) is 0 Å². The quantitative estimate of drug-likeness (QED) is 0.582. The summed E-state index contributed by atoms with van der Waals surface area (Å²) in [7, 11) is 0. The van der Waals surface area contributed by atoms with Crippen molar-refractivity contribution in [1.82, 2.24) is 10.6 Å². The molecule has 1 fully saturated rings. The molecular weight excluding hydrogens is 190 g/mol. The van der Waals surface area contributed by atoms with Gasteiger partial charge in [-0.05, 0) is 17.9 Å². The van der Waals surface area contributed by atoms with Crippen molar-refractivity contribution in [3.8, 4) is 0 Å². The molecule has 84 valence electrons. The van der Waals surface area contributed by atoms with Crippen LogP contribution < -0.4 is 10.6 Å². The first-order chi connectivity index (χ1) is 7.28. The molecule has 4 nitrogen and oxygen atoms in total. The van der Waals surface area contributed by atoms with E-state index < -0.39 is 0 Å². The van der Waals surface area contributed by atoms with Crippen molar-refractivity contribution in [3.63, 3.8) is 0 Å². The van der Waals surface area contributed by atoms with Gasteiger partial charge in [0.25, 0.3) is 0 Å². The number of hydrogen-bond donors (Lipinski definition) is 3. The molecule has 1 saturated carbocycles. The number of guanidine groups is 1. The molecule has 0 aromatic rings. The molecular formula is C11H19N3O. The molecule has 0 spiro atoms. The fourth-order valence-electron chi connectivity index (χ4n) is 1.74. The Labute approximate surface area is 90.5 Å². The van der Waals surface area contributed by atoms with Gasteiger partial charge in [-0.25, -0.2) is 4.99 Å². The van der Waals surface area contributed by atoms with Gasteiger partial charge in [-0.3, -0.25) is 0 Å². The van der Waals surface area contributed by atoms with E-state index in [4.69, 9.17) is 0 Å². The van der Waals surface area contributed by atoms with Crippen molar-refractivity contribution in [2.75, 3.05) is 19.7 Å². The Balaban J connectivity index is 1.80. The summed E-state index contributed by atoms with van der Waals surface area (Å²) in [6.07, 6.45) is 3.68. The fraction of sp³-hybridized carbons (Fsp3) is 0.727. The summed E-state index contributed by atoms with van der Waals surface area (Å²) in [5.74, 6) is 1.62. The summed E-state index contributed by atoms with van der Waals surface area (Å²) in [6.45, 7) is 5.51. The molecule has 0 aromatic heterocycles. The first-order valence-corrected chi connectivity index (χ1v) is 5.60. The smallest absolute Gasteiger partial charge is 0.192 e. The normalized spacial score (nSPS) is 23.0. The topological polar surface area (TPSA) is 56.7 Å². The van der Waals surface area contributed by atoms with E-state index in [1.54, 1.807) is 0 Å². The van der Waals surface area contributed by atoms with E-state index in [9.17, 15) is 5.11 Å². The zero-order chi connectivity index (χ0) is 10.7. The van der Waals surface area contributed by atoms with Gasteiger partial charge in [0.2, 0.25) is 0 Å². The molecule has 2 aliphatic rings. The third-order valence-corrected chi connectivity index (χ3v) is 2.84. The second kappa shape index (κ2) is 4.66. The van der Waals surface area contributed by atoms with Crippen molar-refractivity contribution < 1.29 is 5.11 Å². The number of aliphatic hydroxyl groups is 1. The number of nitrogens with one attached hydrogen (secondary N) is 2. The highest BCUT2D eigenvalue weighted by molar-refractivity contribution is 5.81. The zero-order valence-electron chi connectivity index (χ0n) is 9.00. The maximum absolute atomic E-state index is 9.22. The van der Waals surface area contributed by atoms with Gasteiger partial charge >= 0.3 is 0 Å². The number of aliphatic hydroxyl groups excluding tert-OH is 1. The van der Waals surface area contributed by atoms with Crippen LogP contribution in [0, 0.1) is 5.92 Å². The lowest BCUT2D eigenvalue weighted by atomic mass is 10.1. The number of nitrogens with zero attached hydrogens (tertiary/aromatic N) is 1. The maximum atomic E-state index is 9.22.